The molecule has 1 aromatic heterocycles. The van der Waals surface area contributed by atoms with Crippen LogP contribution in [0.2, 0.25) is 0 Å². The molecule has 1 aliphatic rings. The molecular weight excluding hydrogens is 270 g/mol. The molecule has 0 N–H and O–H groups in total. The van der Waals surface area contributed by atoms with E-state index in [2.05, 4.69) is 46.1 Å². The lowest BCUT2D eigenvalue weighted by atomic mass is 9.92. The molecule has 1 fully saturated rings. The highest BCUT2D eigenvalue weighted by atomic mass is 79.9. The van der Waals surface area contributed by atoms with Crippen LogP contribution < -0.4 is 0 Å². The highest BCUT2D eigenvalue weighted by Crippen LogP contribution is 2.27. The third kappa shape index (κ3) is 2.83. The van der Waals surface area contributed by atoms with E-state index in [1.165, 1.54) is 28.7 Å². The lowest BCUT2D eigenvalue weighted by molar-refractivity contribution is 0.107. The van der Waals surface area contributed by atoms with Crippen molar-refractivity contribution in [2.75, 3.05) is 6.54 Å². The van der Waals surface area contributed by atoms with Crippen LogP contribution >= 0.6 is 27.3 Å². The Labute approximate surface area is 105 Å². The van der Waals surface area contributed by atoms with Crippen LogP contribution in [-0.4, -0.2) is 17.5 Å². The molecule has 0 aromatic carbocycles. The molecule has 3 heteroatoms. The zero-order chi connectivity index (χ0) is 10.8. The molecule has 2 heterocycles. The number of nitrogens with zero attached hydrogens (tertiary/aromatic N) is 1. The van der Waals surface area contributed by atoms with Crippen molar-refractivity contribution in [1.29, 1.82) is 0 Å². The molecule has 1 nitrogen and oxygen atoms in total. The molecule has 1 aliphatic heterocycles. The summed E-state index contributed by atoms with van der Waals surface area (Å²) in [4.78, 5) is 4.09. The Balaban J connectivity index is 1.99. The summed E-state index contributed by atoms with van der Waals surface area (Å²) >= 11 is 5.37. The Bertz CT molecular complexity index is 323. The van der Waals surface area contributed by atoms with Gasteiger partial charge in [-0.05, 0) is 54.2 Å². The molecule has 0 bridgehead atoms. The normalized spacial score (nSPS) is 28.2. The Hall–Kier alpha value is 0.140. The summed E-state index contributed by atoms with van der Waals surface area (Å²) in [5, 5.41) is 2.17. The van der Waals surface area contributed by atoms with E-state index in [0.717, 1.165) is 18.5 Å². The average Bonchev–Trinajstić information content (AvgIpc) is 2.59. The second-order valence-electron chi connectivity index (χ2n) is 4.56. The van der Waals surface area contributed by atoms with Crippen molar-refractivity contribution in [3.05, 3.63) is 20.8 Å². The van der Waals surface area contributed by atoms with Gasteiger partial charge in [0.15, 0.2) is 0 Å². The van der Waals surface area contributed by atoms with Crippen LogP contribution in [0.25, 0.3) is 0 Å². The van der Waals surface area contributed by atoms with E-state index in [4.69, 9.17) is 0 Å². The van der Waals surface area contributed by atoms with Crippen LogP contribution in [0.1, 0.15) is 31.6 Å². The van der Waals surface area contributed by atoms with Crippen LogP contribution in [0.5, 0.6) is 0 Å². The van der Waals surface area contributed by atoms with Gasteiger partial charge in [0.05, 0.1) is 0 Å². The summed E-state index contributed by atoms with van der Waals surface area (Å²) in [6.45, 7) is 7.14. The quantitative estimate of drug-likeness (QED) is 0.791. The van der Waals surface area contributed by atoms with E-state index >= 15 is 0 Å². The molecule has 0 radical (unpaired) electrons. The van der Waals surface area contributed by atoms with E-state index in [1.807, 2.05) is 11.3 Å². The van der Waals surface area contributed by atoms with Crippen LogP contribution in [-0.2, 0) is 6.54 Å². The maximum Gasteiger partial charge on any atom is 0.0331 e. The van der Waals surface area contributed by atoms with Crippen molar-refractivity contribution in [3.63, 3.8) is 0 Å². The predicted molar refractivity (Wildman–Crippen MR) is 70.3 cm³/mol. The maximum absolute atomic E-state index is 3.52. The first kappa shape index (κ1) is 11.6. The molecule has 0 spiro atoms. The molecule has 0 aliphatic carbocycles. The van der Waals surface area contributed by atoms with Crippen molar-refractivity contribution in [2.45, 2.75) is 39.3 Å². The van der Waals surface area contributed by atoms with Gasteiger partial charge in [-0.1, -0.05) is 6.92 Å². The van der Waals surface area contributed by atoms with Crippen molar-refractivity contribution in [1.82, 2.24) is 4.90 Å². The Morgan fingerprint density at radius 3 is 3.00 bits per heavy atom. The first-order chi connectivity index (χ1) is 7.16. The molecule has 0 amide bonds. The standard InChI is InChI=1S/C12H18BrNS/c1-9-4-3-5-14(10(9)2)7-12-6-11(13)8-15-12/h6,8-10H,3-5,7H2,1-2H3. The number of likely N-dealkylation sites (tertiary alicyclic amines) is 1. The van der Waals surface area contributed by atoms with Gasteiger partial charge in [-0.25, -0.2) is 0 Å². The van der Waals surface area contributed by atoms with Gasteiger partial charge in [0.25, 0.3) is 0 Å². The molecule has 2 rings (SSSR count). The fourth-order valence-electron chi connectivity index (χ4n) is 2.28. The third-order valence-electron chi connectivity index (χ3n) is 3.48. The topological polar surface area (TPSA) is 3.24 Å². The largest absolute Gasteiger partial charge is 0.295 e. The smallest absolute Gasteiger partial charge is 0.0331 e. The summed E-state index contributed by atoms with van der Waals surface area (Å²) in [5.41, 5.74) is 0. The van der Waals surface area contributed by atoms with Gasteiger partial charge in [-0.2, -0.15) is 0 Å². The van der Waals surface area contributed by atoms with E-state index in [1.54, 1.807) is 0 Å². The molecular formula is C12H18BrNS. The summed E-state index contributed by atoms with van der Waals surface area (Å²) < 4.78 is 1.22. The fraction of sp³-hybridized carbons (Fsp3) is 0.667. The Kier molecular flexibility index (Phi) is 3.86. The molecule has 15 heavy (non-hydrogen) atoms. The average molecular weight is 288 g/mol. The minimum atomic E-state index is 0.736. The molecule has 2 atom stereocenters. The monoisotopic (exact) mass is 287 g/mol. The number of halogens is 1. The van der Waals surface area contributed by atoms with Gasteiger partial charge < -0.3 is 0 Å². The number of piperidine rings is 1. The SMILES string of the molecule is CC1CCCN(Cc2cc(Br)cs2)C1C. The zero-order valence-electron chi connectivity index (χ0n) is 9.37. The number of rotatable bonds is 2. The second-order valence-corrected chi connectivity index (χ2v) is 6.47. The van der Waals surface area contributed by atoms with Crippen molar-refractivity contribution in [3.8, 4) is 0 Å². The maximum atomic E-state index is 3.52. The van der Waals surface area contributed by atoms with E-state index in [-0.39, 0.29) is 0 Å². The van der Waals surface area contributed by atoms with Crippen molar-refractivity contribution in [2.24, 2.45) is 5.92 Å². The first-order valence-corrected chi connectivity index (χ1v) is 7.31. The van der Waals surface area contributed by atoms with Gasteiger partial charge in [0.2, 0.25) is 0 Å². The molecule has 84 valence electrons. The third-order valence-corrected chi connectivity index (χ3v) is 5.17. The van der Waals surface area contributed by atoms with Gasteiger partial charge in [-0.3, -0.25) is 4.90 Å². The first-order valence-electron chi connectivity index (χ1n) is 5.64. The number of thiophene rings is 1. The van der Waals surface area contributed by atoms with Crippen LogP contribution in [0, 0.1) is 5.92 Å². The van der Waals surface area contributed by atoms with Gasteiger partial charge in [0, 0.05) is 27.3 Å². The fourth-order valence-corrected chi connectivity index (χ4v) is 3.76. The minimum Gasteiger partial charge on any atom is -0.295 e. The summed E-state index contributed by atoms with van der Waals surface area (Å²) in [5.74, 6) is 0.849. The minimum absolute atomic E-state index is 0.736. The van der Waals surface area contributed by atoms with Gasteiger partial charge >= 0.3 is 0 Å². The highest BCUT2D eigenvalue weighted by Gasteiger charge is 2.24. The van der Waals surface area contributed by atoms with Gasteiger partial charge in [-0.15, -0.1) is 11.3 Å². The van der Waals surface area contributed by atoms with E-state index in [0.29, 0.717) is 0 Å². The van der Waals surface area contributed by atoms with E-state index in [9.17, 15) is 0 Å². The molecule has 0 saturated carbocycles. The summed E-state index contributed by atoms with van der Waals surface area (Å²) in [7, 11) is 0. The predicted octanol–water partition coefficient (Wildman–Crippen LogP) is 4.13. The van der Waals surface area contributed by atoms with Crippen LogP contribution in [0.15, 0.2) is 15.9 Å². The lowest BCUT2D eigenvalue weighted by Crippen LogP contribution is -2.41. The van der Waals surface area contributed by atoms with E-state index < -0.39 is 0 Å². The number of hydrogen-bond donors (Lipinski definition) is 0. The number of hydrogen-bond acceptors (Lipinski definition) is 2. The van der Waals surface area contributed by atoms with Crippen molar-refractivity contribution < 1.29 is 0 Å². The van der Waals surface area contributed by atoms with Crippen LogP contribution in [0.3, 0.4) is 0 Å². The lowest BCUT2D eigenvalue weighted by Gasteiger charge is -2.37. The second kappa shape index (κ2) is 4.98. The van der Waals surface area contributed by atoms with Crippen molar-refractivity contribution >= 4 is 27.3 Å². The summed E-state index contributed by atoms with van der Waals surface area (Å²) in [6.07, 6.45) is 2.75. The molecule has 1 saturated heterocycles. The van der Waals surface area contributed by atoms with Crippen LogP contribution in [0.4, 0.5) is 0 Å². The van der Waals surface area contributed by atoms with Gasteiger partial charge in [0.1, 0.15) is 0 Å². The highest BCUT2D eigenvalue weighted by molar-refractivity contribution is 9.10. The molecule has 1 aromatic rings. The summed E-state index contributed by atoms with van der Waals surface area (Å²) in [6, 6.07) is 2.98. The molecule has 2 unspecified atom stereocenters. The Morgan fingerprint density at radius 2 is 2.33 bits per heavy atom. The zero-order valence-corrected chi connectivity index (χ0v) is 11.8. The Morgan fingerprint density at radius 1 is 1.53 bits per heavy atom.